The molecule has 0 unspecified atom stereocenters. The first-order chi connectivity index (χ1) is 9.65. The number of amides is 1. The highest BCUT2D eigenvalue weighted by Crippen LogP contribution is 2.22. The fraction of sp³-hybridized carbons (Fsp3) is 0.400. The Morgan fingerprint density at radius 1 is 1.35 bits per heavy atom. The maximum absolute atomic E-state index is 13.3. The van der Waals surface area contributed by atoms with E-state index in [0.717, 1.165) is 42.6 Å². The van der Waals surface area contributed by atoms with Gasteiger partial charge in [-0.3, -0.25) is 4.79 Å². The van der Waals surface area contributed by atoms with Gasteiger partial charge in [0, 0.05) is 44.8 Å². The molecule has 1 N–H and O–H groups in total. The molecular formula is C15H18FN3O. The zero-order chi connectivity index (χ0) is 14.1. The summed E-state index contributed by atoms with van der Waals surface area (Å²) in [4.78, 5) is 14.2. The van der Waals surface area contributed by atoms with E-state index in [1.54, 1.807) is 6.07 Å². The number of carbonyl (C=O) groups is 1. The third kappa shape index (κ3) is 2.41. The Hall–Kier alpha value is -1.88. The molecule has 0 atom stereocenters. The van der Waals surface area contributed by atoms with Crippen LogP contribution in [0.4, 0.5) is 4.39 Å². The van der Waals surface area contributed by atoms with Crippen molar-refractivity contribution in [2.24, 2.45) is 7.05 Å². The number of fused-ring (bicyclic) bond motifs is 1. The lowest BCUT2D eigenvalue weighted by Crippen LogP contribution is -2.46. The molecule has 0 radical (unpaired) electrons. The molecule has 1 aliphatic rings. The zero-order valence-corrected chi connectivity index (χ0v) is 11.5. The van der Waals surface area contributed by atoms with E-state index in [1.807, 2.05) is 22.7 Å². The summed E-state index contributed by atoms with van der Waals surface area (Å²) in [5.41, 5.74) is 1.79. The standard InChI is InChI=1S/C15H18FN3O/c1-18-10-11(13-3-2-12(16)9-14(13)18)8-15(20)19-6-4-17-5-7-19/h2-3,9-10,17H,4-8H2,1H3. The number of halogens is 1. The maximum Gasteiger partial charge on any atom is 0.227 e. The Labute approximate surface area is 117 Å². The normalized spacial score (nSPS) is 15.8. The largest absolute Gasteiger partial charge is 0.350 e. The molecule has 1 aliphatic heterocycles. The Bertz CT molecular complexity index is 644. The Kier molecular flexibility index (Phi) is 3.44. The van der Waals surface area contributed by atoms with Crippen LogP contribution in [0.2, 0.25) is 0 Å². The first-order valence-electron chi connectivity index (χ1n) is 6.87. The van der Waals surface area contributed by atoms with Crippen molar-refractivity contribution in [3.05, 3.63) is 35.8 Å². The SMILES string of the molecule is Cn1cc(CC(=O)N2CCNCC2)c2ccc(F)cc21. The van der Waals surface area contributed by atoms with Crippen LogP contribution in [0, 0.1) is 5.82 Å². The number of aromatic nitrogens is 1. The molecular weight excluding hydrogens is 257 g/mol. The van der Waals surface area contributed by atoms with Gasteiger partial charge >= 0.3 is 0 Å². The number of nitrogens with one attached hydrogen (secondary N) is 1. The lowest BCUT2D eigenvalue weighted by molar-refractivity contribution is -0.131. The van der Waals surface area contributed by atoms with Crippen molar-refractivity contribution in [3.8, 4) is 0 Å². The van der Waals surface area contributed by atoms with Crippen molar-refractivity contribution in [1.82, 2.24) is 14.8 Å². The van der Waals surface area contributed by atoms with Crippen LogP contribution in [0.1, 0.15) is 5.56 Å². The van der Waals surface area contributed by atoms with Crippen molar-refractivity contribution in [2.45, 2.75) is 6.42 Å². The van der Waals surface area contributed by atoms with Crippen LogP contribution in [0.15, 0.2) is 24.4 Å². The number of rotatable bonds is 2. The minimum atomic E-state index is -0.251. The van der Waals surface area contributed by atoms with E-state index in [0.29, 0.717) is 6.42 Å². The van der Waals surface area contributed by atoms with E-state index < -0.39 is 0 Å². The van der Waals surface area contributed by atoms with E-state index in [1.165, 1.54) is 12.1 Å². The summed E-state index contributed by atoms with van der Waals surface area (Å²) in [7, 11) is 1.88. The van der Waals surface area contributed by atoms with E-state index in [-0.39, 0.29) is 11.7 Å². The van der Waals surface area contributed by atoms with Crippen molar-refractivity contribution in [2.75, 3.05) is 26.2 Å². The molecule has 5 heteroatoms. The maximum atomic E-state index is 13.3. The molecule has 1 amide bonds. The molecule has 2 heterocycles. The Morgan fingerprint density at radius 3 is 2.85 bits per heavy atom. The molecule has 20 heavy (non-hydrogen) atoms. The third-order valence-corrected chi connectivity index (χ3v) is 3.85. The lowest BCUT2D eigenvalue weighted by atomic mass is 10.1. The summed E-state index contributed by atoms with van der Waals surface area (Å²) in [6.45, 7) is 3.23. The quantitative estimate of drug-likeness (QED) is 0.897. The molecule has 1 aromatic carbocycles. The van der Waals surface area contributed by atoms with Crippen molar-refractivity contribution in [3.63, 3.8) is 0 Å². The smallest absolute Gasteiger partial charge is 0.227 e. The first kappa shape index (κ1) is 13.1. The van der Waals surface area contributed by atoms with Crippen molar-refractivity contribution < 1.29 is 9.18 Å². The van der Waals surface area contributed by atoms with Crippen LogP contribution >= 0.6 is 0 Å². The molecule has 2 aromatic rings. The predicted octanol–water partition coefficient (Wildman–Crippen LogP) is 1.29. The molecule has 4 nitrogen and oxygen atoms in total. The zero-order valence-electron chi connectivity index (χ0n) is 11.5. The van der Waals surface area contributed by atoms with Gasteiger partial charge in [-0.1, -0.05) is 0 Å². The predicted molar refractivity (Wildman–Crippen MR) is 76.0 cm³/mol. The highest BCUT2D eigenvalue weighted by molar-refractivity contribution is 5.89. The van der Waals surface area contributed by atoms with Crippen LogP contribution in [0.3, 0.4) is 0 Å². The molecule has 1 aromatic heterocycles. The van der Waals surface area contributed by atoms with Gasteiger partial charge in [-0.25, -0.2) is 4.39 Å². The second-order valence-corrected chi connectivity index (χ2v) is 5.23. The summed E-state index contributed by atoms with van der Waals surface area (Å²) in [5, 5.41) is 4.19. The van der Waals surface area contributed by atoms with Crippen LogP contribution in [0.5, 0.6) is 0 Å². The fourth-order valence-electron chi connectivity index (χ4n) is 2.77. The van der Waals surface area contributed by atoms with Crippen LogP contribution in [-0.4, -0.2) is 41.6 Å². The number of aryl methyl sites for hydroxylation is 1. The fourth-order valence-corrected chi connectivity index (χ4v) is 2.77. The molecule has 0 aliphatic carbocycles. The van der Waals surface area contributed by atoms with E-state index in [4.69, 9.17) is 0 Å². The summed E-state index contributed by atoms with van der Waals surface area (Å²) in [6, 6.07) is 4.71. The van der Waals surface area contributed by atoms with Gasteiger partial charge in [0.25, 0.3) is 0 Å². The van der Waals surface area contributed by atoms with E-state index >= 15 is 0 Å². The molecule has 0 saturated carbocycles. The monoisotopic (exact) mass is 275 g/mol. The number of piperazine rings is 1. The third-order valence-electron chi connectivity index (χ3n) is 3.85. The Morgan fingerprint density at radius 2 is 2.10 bits per heavy atom. The number of hydrogen-bond donors (Lipinski definition) is 1. The van der Waals surface area contributed by atoms with Crippen molar-refractivity contribution in [1.29, 1.82) is 0 Å². The molecule has 1 saturated heterocycles. The summed E-state index contributed by atoms with van der Waals surface area (Å²) in [5.74, 6) is -0.109. The van der Waals surface area contributed by atoms with Gasteiger partial charge in [0.2, 0.25) is 5.91 Å². The topological polar surface area (TPSA) is 37.3 Å². The number of hydrogen-bond acceptors (Lipinski definition) is 2. The average molecular weight is 275 g/mol. The molecule has 0 spiro atoms. The van der Waals surface area contributed by atoms with Gasteiger partial charge in [-0.15, -0.1) is 0 Å². The second kappa shape index (κ2) is 5.25. The van der Waals surface area contributed by atoms with Crippen molar-refractivity contribution >= 4 is 16.8 Å². The van der Waals surface area contributed by atoms with Gasteiger partial charge in [-0.2, -0.15) is 0 Å². The minimum Gasteiger partial charge on any atom is -0.350 e. The highest BCUT2D eigenvalue weighted by atomic mass is 19.1. The van der Waals surface area contributed by atoms with Gasteiger partial charge in [0.1, 0.15) is 5.82 Å². The van der Waals surface area contributed by atoms with Gasteiger partial charge in [-0.05, 0) is 23.8 Å². The van der Waals surface area contributed by atoms with Gasteiger partial charge < -0.3 is 14.8 Å². The number of carbonyl (C=O) groups excluding carboxylic acids is 1. The number of nitrogens with zero attached hydrogens (tertiary/aromatic N) is 2. The lowest BCUT2D eigenvalue weighted by Gasteiger charge is -2.27. The van der Waals surface area contributed by atoms with Gasteiger partial charge in [0.15, 0.2) is 0 Å². The van der Waals surface area contributed by atoms with E-state index in [9.17, 15) is 9.18 Å². The molecule has 106 valence electrons. The van der Waals surface area contributed by atoms with Crippen LogP contribution < -0.4 is 5.32 Å². The summed E-state index contributed by atoms with van der Waals surface area (Å²) < 4.78 is 15.2. The summed E-state index contributed by atoms with van der Waals surface area (Å²) in [6.07, 6.45) is 2.30. The minimum absolute atomic E-state index is 0.142. The number of benzene rings is 1. The van der Waals surface area contributed by atoms with Gasteiger partial charge in [0.05, 0.1) is 11.9 Å². The van der Waals surface area contributed by atoms with E-state index in [2.05, 4.69) is 5.32 Å². The Balaban J connectivity index is 1.85. The highest BCUT2D eigenvalue weighted by Gasteiger charge is 2.18. The average Bonchev–Trinajstić information content (AvgIpc) is 2.76. The first-order valence-corrected chi connectivity index (χ1v) is 6.87. The van der Waals surface area contributed by atoms with Crippen LogP contribution in [0.25, 0.3) is 10.9 Å². The molecule has 0 bridgehead atoms. The molecule has 1 fully saturated rings. The van der Waals surface area contributed by atoms with Crippen LogP contribution in [-0.2, 0) is 18.3 Å². The second-order valence-electron chi connectivity index (χ2n) is 5.23. The molecule has 3 rings (SSSR count). The summed E-state index contributed by atoms with van der Waals surface area (Å²) >= 11 is 0.